The fourth-order valence-corrected chi connectivity index (χ4v) is 7.62. The Bertz CT molecular complexity index is 1210. The van der Waals surface area contributed by atoms with Crippen LogP contribution in [-0.2, 0) is 17.2 Å². The number of anilines is 2. The van der Waals surface area contributed by atoms with Gasteiger partial charge >= 0.3 is 0 Å². The smallest absolute Gasteiger partial charge is 0.227 e. The topological polar surface area (TPSA) is 95.3 Å². The van der Waals surface area contributed by atoms with E-state index in [1.165, 1.54) is 24.0 Å². The van der Waals surface area contributed by atoms with E-state index in [4.69, 9.17) is 9.97 Å². The quantitative estimate of drug-likeness (QED) is 0.696. The molecule has 0 aromatic carbocycles. The summed E-state index contributed by atoms with van der Waals surface area (Å²) in [6.07, 6.45) is 14.8. The summed E-state index contributed by atoms with van der Waals surface area (Å²) in [5, 5.41) is 10.8. The highest BCUT2D eigenvalue weighted by Crippen LogP contribution is 2.49. The van der Waals surface area contributed by atoms with Crippen LogP contribution < -0.4 is 9.80 Å². The average Bonchev–Trinajstić information content (AvgIpc) is 3.65. The van der Waals surface area contributed by atoms with Crippen LogP contribution in [0.2, 0.25) is 0 Å². The second kappa shape index (κ2) is 8.34. The molecule has 3 fully saturated rings. The third kappa shape index (κ3) is 3.61. The summed E-state index contributed by atoms with van der Waals surface area (Å²) in [5.74, 6) is 3.69. The van der Waals surface area contributed by atoms with E-state index in [0.29, 0.717) is 24.2 Å². The zero-order chi connectivity index (χ0) is 23.6. The Morgan fingerprint density at radius 3 is 2.54 bits per heavy atom. The molecule has 2 aromatic rings. The van der Waals surface area contributed by atoms with Gasteiger partial charge in [0, 0.05) is 37.8 Å². The van der Waals surface area contributed by atoms with Crippen molar-refractivity contribution in [3.63, 3.8) is 0 Å². The standard InChI is InChI=1S/C26H32N6O2S/c33-21-8-13-32(26(21)9-2-10-26)24-22-20(3-1-14-35(22)34)29-25(30-24)31-11-6-18(7-12-31)23-27-15-19(16-28-23)17-4-5-17/h6,15-17,21,33H,1-5,7-14H2/t21-,35-/m0/s1. The number of hydrogen-bond donors (Lipinski definition) is 1. The monoisotopic (exact) mass is 492 g/mol. The van der Waals surface area contributed by atoms with Crippen LogP contribution in [0.1, 0.15) is 74.4 Å². The number of fused-ring (bicyclic) bond motifs is 1. The van der Waals surface area contributed by atoms with Crippen LogP contribution in [0.25, 0.3) is 5.57 Å². The van der Waals surface area contributed by atoms with Crippen molar-refractivity contribution in [3.05, 3.63) is 35.6 Å². The number of aryl methyl sites for hydroxylation is 1. The van der Waals surface area contributed by atoms with E-state index in [0.717, 1.165) is 80.3 Å². The summed E-state index contributed by atoms with van der Waals surface area (Å²) in [4.78, 5) is 24.6. The maximum absolute atomic E-state index is 13.1. The molecule has 8 nitrogen and oxygen atoms in total. The number of nitrogens with zero attached hydrogens (tertiary/aromatic N) is 6. The van der Waals surface area contributed by atoms with E-state index in [1.807, 2.05) is 12.4 Å². The van der Waals surface area contributed by atoms with E-state index in [2.05, 4.69) is 25.8 Å². The molecule has 5 aliphatic rings. The van der Waals surface area contributed by atoms with Crippen molar-refractivity contribution in [2.45, 2.75) is 80.2 Å². The minimum Gasteiger partial charge on any atom is -0.391 e. The Kier molecular flexibility index (Phi) is 5.21. The first kappa shape index (κ1) is 21.9. The van der Waals surface area contributed by atoms with Crippen molar-refractivity contribution in [2.24, 2.45) is 0 Å². The highest BCUT2D eigenvalue weighted by atomic mass is 32.2. The van der Waals surface area contributed by atoms with E-state index in [1.54, 1.807) is 0 Å². The molecule has 184 valence electrons. The van der Waals surface area contributed by atoms with Crippen LogP contribution in [0.5, 0.6) is 0 Å². The van der Waals surface area contributed by atoms with Crippen molar-refractivity contribution >= 4 is 28.1 Å². The maximum atomic E-state index is 13.1. The van der Waals surface area contributed by atoms with Crippen molar-refractivity contribution in [1.29, 1.82) is 0 Å². The molecule has 5 heterocycles. The molecule has 1 saturated heterocycles. The molecular weight excluding hydrogens is 460 g/mol. The van der Waals surface area contributed by atoms with Crippen molar-refractivity contribution in [2.75, 3.05) is 35.2 Å². The third-order valence-electron chi connectivity index (χ3n) is 8.64. The molecular formula is C26H32N6O2S. The van der Waals surface area contributed by atoms with Gasteiger partial charge in [0.15, 0.2) is 11.6 Å². The first-order chi connectivity index (χ1) is 17.1. The predicted molar refractivity (Wildman–Crippen MR) is 135 cm³/mol. The van der Waals surface area contributed by atoms with Crippen LogP contribution in [-0.4, -0.2) is 66.3 Å². The number of aliphatic hydroxyl groups excluding tert-OH is 1. The fourth-order valence-electron chi connectivity index (χ4n) is 6.24. The Morgan fingerprint density at radius 1 is 1.03 bits per heavy atom. The third-order valence-corrected chi connectivity index (χ3v) is 10.2. The van der Waals surface area contributed by atoms with Gasteiger partial charge in [-0.1, -0.05) is 6.08 Å². The van der Waals surface area contributed by atoms with Gasteiger partial charge in [-0.25, -0.2) is 15.0 Å². The van der Waals surface area contributed by atoms with Gasteiger partial charge in [-0.15, -0.1) is 0 Å². The Balaban J connectivity index is 1.19. The molecule has 35 heavy (non-hydrogen) atoms. The van der Waals surface area contributed by atoms with Gasteiger partial charge in [-0.05, 0) is 74.8 Å². The van der Waals surface area contributed by atoms with Gasteiger partial charge in [-0.2, -0.15) is 4.98 Å². The van der Waals surface area contributed by atoms with Crippen LogP contribution >= 0.6 is 0 Å². The molecule has 1 N–H and O–H groups in total. The first-order valence-corrected chi connectivity index (χ1v) is 14.5. The van der Waals surface area contributed by atoms with Crippen LogP contribution in [0.4, 0.5) is 11.8 Å². The molecule has 2 atom stereocenters. The summed E-state index contributed by atoms with van der Waals surface area (Å²) < 4.78 is 13.1. The molecule has 3 aliphatic heterocycles. The van der Waals surface area contributed by atoms with Crippen molar-refractivity contribution in [3.8, 4) is 0 Å². The van der Waals surface area contributed by atoms with E-state index in [-0.39, 0.29) is 11.6 Å². The van der Waals surface area contributed by atoms with Crippen molar-refractivity contribution in [1.82, 2.24) is 19.9 Å². The predicted octanol–water partition coefficient (Wildman–Crippen LogP) is 2.99. The zero-order valence-electron chi connectivity index (χ0n) is 20.0. The summed E-state index contributed by atoms with van der Waals surface area (Å²) in [5.41, 5.74) is 3.13. The lowest BCUT2D eigenvalue weighted by Crippen LogP contribution is -2.56. The number of aliphatic hydroxyl groups is 1. The van der Waals surface area contributed by atoms with Crippen LogP contribution in [0, 0.1) is 0 Å². The van der Waals surface area contributed by atoms with Crippen LogP contribution in [0.3, 0.4) is 0 Å². The SMILES string of the molecule is O=[S@]1CCCc2nc(N3CC=C(c4ncc(C5CC5)cn4)CC3)nc(N3CC[C@H](O)C34CCC4)c21. The maximum Gasteiger partial charge on any atom is 0.227 e. The van der Waals surface area contributed by atoms with Gasteiger partial charge in [0.1, 0.15) is 4.90 Å². The zero-order valence-corrected chi connectivity index (χ0v) is 20.8. The lowest BCUT2D eigenvalue weighted by Gasteiger charge is -2.48. The number of rotatable bonds is 4. The Hall–Kier alpha value is -2.39. The number of hydrogen-bond acceptors (Lipinski definition) is 8. The minimum atomic E-state index is -1.09. The minimum absolute atomic E-state index is 0.236. The summed E-state index contributed by atoms with van der Waals surface area (Å²) in [7, 11) is -1.09. The molecule has 7 rings (SSSR count). The normalized spacial score (nSPS) is 27.5. The van der Waals surface area contributed by atoms with Gasteiger partial charge in [0.25, 0.3) is 0 Å². The lowest BCUT2D eigenvalue weighted by atomic mass is 9.73. The molecule has 0 unspecified atom stereocenters. The van der Waals surface area contributed by atoms with Gasteiger partial charge < -0.3 is 14.9 Å². The molecule has 0 radical (unpaired) electrons. The lowest BCUT2D eigenvalue weighted by molar-refractivity contribution is 0.0579. The van der Waals surface area contributed by atoms with Crippen molar-refractivity contribution < 1.29 is 9.32 Å². The number of aromatic nitrogens is 4. The Morgan fingerprint density at radius 2 is 1.86 bits per heavy atom. The molecule has 2 aliphatic carbocycles. The molecule has 0 bridgehead atoms. The second-order valence-electron chi connectivity index (χ2n) is 10.7. The first-order valence-electron chi connectivity index (χ1n) is 13.1. The van der Waals surface area contributed by atoms with Gasteiger partial charge in [-0.3, -0.25) is 4.21 Å². The molecule has 2 aromatic heterocycles. The molecule has 0 amide bonds. The van der Waals surface area contributed by atoms with E-state index < -0.39 is 10.8 Å². The van der Waals surface area contributed by atoms with E-state index >= 15 is 0 Å². The van der Waals surface area contributed by atoms with E-state index in [9.17, 15) is 9.32 Å². The van der Waals surface area contributed by atoms with Gasteiger partial charge in [0.05, 0.1) is 28.1 Å². The largest absolute Gasteiger partial charge is 0.391 e. The summed E-state index contributed by atoms with van der Waals surface area (Å²) >= 11 is 0. The van der Waals surface area contributed by atoms with Gasteiger partial charge in [0.2, 0.25) is 5.95 Å². The highest BCUT2D eigenvalue weighted by Gasteiger charge is 2.53. The summed E-state index contributed by atoms with van der Waals surface area (Å²) in [6, 6.07) is 0. The summed E-state index contributed by atoms with van der Waals surface area (Å²) in [6.45, 7) is 2.27. The molecule has 9 heteroatoms. The van der Waals surface area contributed by atoms with Crippen LogP contribution in [0.15, 0.2) is 23.4 Å². The molecule has 2 saturated carbocycles. The second-order valence-corrected chi connectivity index (χ2v) is 12.2. The average molecular weight is 493 g/mol. The Labute approximate surface area is 208 Å². The molecule has 1 spiro atoms. The fraction of sp³-hybridized carbons (Fsp3) is 0.615. The highest BCUT2D eigenvalue weighted by molar-refractivity contribution is 7.85.